The first-order valence-corrected chi connectivity index (χ1v) is 6.92. The largest absolute Gasteiger partial charge is 0.336 e. The highest BCUT2D eigenvalue weighted by Gasteiger charge is 2.14. The normalized spacial score (nSPS) is 10.6. The van der Waals surface area contributed by atoms with E-state index in [-0.39, 0.29) is 18.0 Å². The highest BCUT2D eigenvalue weighted by atomic mass is 16.2. The second-order valence-electron chi connectivity index (χ2n) is 5.09. The summed E-state index contributed by atoms with van der Waals surface area (Å²) in [6, 6.07) is 14.5. The SMILES string of the molecule is CN(Cc1cc2ccccc2[nH]c1=O)C(=O)c1ccccn1. The molecule has 2 aromatic heterocycles. The average molecular weight is 293 g/mol. The van der Waals surface area contributed by atoms with Crippen LogP contribution in [0.5, 0.6) is 0 Å². The molecule has 0 spiro atoms. The summed E-state index contributed by atoms with van der Waals surface area (Å²) in [5.41, 5.74) is 1.52. The minimum atomic E-state index is -0.215. The number of amides is 1. The van der Waals surface area contributed by atoms with Gasteiger partial charge in [-0.3, -0.25) is 14.6 Å². The number of nitrogens with one attached hydrogen (secondary N) is 1. The quantitative estimate of drug-likeness (QED) is 0.805. The van der Waals surface area contributed by atoms with Gasteiger partial charge in [-0.25, -0.2) is 0 Å². The van der Waals surface area contributed by atoms with Crippen LogP contribution in [-0.2, 0) is 6.54 Å². The van der Waals surface area contributed by atoms with E-state index in [0.29, 0.717) is 11.3 Å². The molecule has 2 heterocycles. The van der Waals surface area contributed by atoms with Crippen LogP contribution in [0.4, 0.5) is 0 Å². The molecule has 3 aromatic rings. The summed E-state index contributed by atoms with van der Waals surface area (Å²) in [5, 5.41) is 0.941. The predicted molar refractivity (Wildman–Crippen MR) is 84.6 cm³/mol. The fourth-order valence-electron chi connectivity index (χ4n) is 2.32. The second kappa shape index (κ2) is 5.81. The molecule has 0 saturated heterocycles. The van der Waals surface area contributed by atoms with Gasteiger partial charge in [0.05, 0.1) is 6.54 Å². The molecule has 0 radical (unpaired) electrons. The van der Waals surface area contributed by atoms with Crippen molar-refractivity contribution in [3.63, 3.8) is 0 Å². The van der Waals surface area contributed by atoms with E-state index < -0.39 is 0 Å². The summed E-state index contributed by atoms with van der Waals surface area (Å²) in [5.74, 6) is -0.215. The highest BCUT2D eigenvalue weighted by Crippen LogP contribution is 2.11. The number of pyridine rings is 2. The Kier molecular flexibility index (Phi) is 3.70. The molecule has 0 bridgehead atoms. The molecule has 0 saturated carbocycles. The number of rotatable bonds is 3. The molecule has 0 aliphatic heterocycles. The van der Waals surface area contributed by atoms with Crippen molar-refractivity contribution in [2.75, 3.05) is 7.05 Å². The van der Waals surface area contributed by atoms with Gasteiger partial charge in [0.15, 0.2) is 0 Å². The zero-order valence-electron chi connectivity index (χ0n) is 12.1. The molecule has 3 rings (SSSR count). The third-order valence-electron chi connectivity index (χ3n) is 3.47. The number of carbonyl (C=O) groups is 1. The Bertz CT molecular complexity index is 872. The van der Waals surface area contributed by atoms with E-state index in [9.17, 15) is 9.59 Å². The number of fused-ring (bicyclic) bond motifs is 1. The molecule has 0 aliphatic rings. The summed E-state index contributed by atoms with van der Waals surface area (Å²) < 4.78 is 0. The van der Waals surface area contributed by atoms with Crippen LogP contribution in [0.15, 0.2) is 59.5 Å². The van der Waals surface area contributed by atoms with Crippen molar-refractivity contribution in [2.45, 2.75) is 6.54 Å². The van der Waals surface area contributed by atoms with Crippen LogP contribution in [0.25, 0.3) is 10.9 Å². The number of H-pyrrole nitrogens is 1. The molecule has 0 atom stereocenters. The van der Waals surface area contributed by atoms with E-state index in [2.05, 4.69) is 9.97 Å². The lowest BCUT2D eigenvalue weighted by Gasteiger charge is -2.16. The number of hydrogen-bond acceptors (Lipinski definition) is 3. The topological polar surface area (TPSA) is 66.1 Å². The molecule has 1 amide bonds. The minimum absolute atomic E-state index is 0.181. The van der Waals surface area contributed by atoms with Gasteiger partial charge < -0.3 is 9.88 Å². The highest BCUT2D eigenvalue weighted by molar-refractivity contribution is 5.92. The van der Waals surface area contributed by atoms with Crippen LogP contribution in [0, 0.1) is 0 Å². The number of carbonyl (C=O) groups excluding carboxylic acids is 1. The van der Waals surface area contributed by atoms with Crippen molar-refractivity contribution in [1.29, 1.82) is 0 Å². The van der Waals surface area contributed by atoms with Crippen LogP contribution >= 0.6 is 0 Å². The molecule has 0 aliphatic carbocycles. The van der Waals surface area contributed by atoms with Gasteiger partial charge in [-0.1, -0.05) is 24.3 Å². The van der Waals surface area contributed by atoms with Crippen molar-refractivity contribution < 1.29 is 4.79 Å². The molecular formula is C17H15N3O2. The molecule has 5 nitrogen and oxygen atoms in total. The lowest BCUT2D eigenvalue weighted by molar-refractivity contribution is 0.0779. The van der Waals surface area contributed by atoms with Gasteiger partial charge in [0.1, 0.15) is 5.69 Å². The molecular weight excluding hydrogens is 278 g/mol. The standard InChI is InChI=1S/C17H15N3O2/c1-20(17(22)15-8-4-5-9-18-15)11-13-10-12-6-2-3-7-14(12)19-16(13)21/h2-10H,11H2,1H3,(H,19,21). The maximum atomic E-state index is 12.3. The smallest absolute Gasteiger partial charge is 0.272 e. The number of para-hydroxylation sites is 1. The van der Waals surface area contributed by atoms with Crippen LogP contribution in [0.3, 0.4) is 0 Å². The number of hydrogen-bond donors (Lipinski definition) is 1. The van der Waals surface area contributed by atoms with E-state index in [4.69, 9.17) is 0 Å². The molecule has 5 heteroatoms. The number of nitrogens with zero attached hydrogens (tertiary/aromatic N) is 2. The van der Waals surface area contributed by atoms with Crippen molar-refractivity contribution >= 4 is 16.8 Å². The van der Waals surface area contributed by atoms with Gasteiger partial charge in [0, 0.05) is 24.3 Å². The Morgan fingerprint density at radius 2 is 1.95 bits per heavy atom. The summed E-state index contributed by atoms with van der Waals surface area (Å²) in [6.07, 6.45) is 1.57. The van der Waals surface area contributed by atoms with E-state index in [1.807, 2.05) is 30.3 Å². The first-order valence-electron chi connectivity index (χ1n) is 6.92. The Balaban J connectivity index is 1.88. The lowest BCUT2D eigenvalue weighted by atomic mass is 10.1. The van der Waals surface area contributed by atoms with Crippen LogP contribution in [0.2, 0.25) is 0 Å². The van der Waals surface area contributed by atoms with Gasteiger partial charge in [-0.15, -0.1) is 0 Å². The van der Waals surface area contributed by atoms with Crippen LogP contribution < -0.4 is 5.56 Å². The molecule has 0 fully saturated rings. The fourth-order valence-corrected chi connectivity index (χ4v) is 2.32. The predicted octanol–water partition coefficient (Wildman–Crippen LogP) is 2.20. The number of aromatic nitrogens is 2. The number of benzene rings is 1. The summed E-state index contributed by atoms with van der Waals surface area (Å²) >= 11 is 0. The van der Waals surface area contributed by atoms with Crippen molar-refractivity contribution in [2.24, 2.45) is 0 Å². The molecule has 1 aromatic carbocycles. The number of aromatic amines is 1. The maximum Gasteiger partial charge on any atom is 0.272 e. The van der Waals surface area contributed by atoms with Gasteiger partial charge >= 0.3 is 0 Å². The van der Waals surface area contributed by atoms with E-state index >= 15 is 0 Å². The van der Waals surface area contributed by atoms with Gasteiger partial charge in [-0.05, 0) is 29.7 Å². The second-order valence-corrected chi connectivity index (χ2v) is 5.09. The minimum Gasteiger partial charge on any atom is -0.336 e. The Hall–Kier alpha value is -2.95. The molecule has 0 unspecified atom stereocenters. The monoisotopic (exact) mass is 293 g/mol. The average Bonchev–Trinajstić information content (AvgIpc) is 2.55. The molecule has 110 valence electrons. The van der Waals surface area contributed by atoms with Crippen molar-refractivity contribution in [3.05, 3.63) is 76.3 Å². The van der Waals surface area contributed by atoms with Crippen LogP contribution in [0.1, 0.15) is 16.1 Å². The summed E-state index contributed by atoms with van der Waals surface area (Å²) in [6.45, 7) is 0.232. The van der Waals surface area contributed by atoms with E-state index in [1.165, 1.54) is 4.90 Å². The Morgan fingerprint density at radius 3 is 2.73 bits per heavy atom. The van der Waals surface area contributed by atoms with E-state index in [0.717, 1.165) is 10.9 Å². The molecule has 1 N–H and O–H groups in total. The third kappa shape index (κ3) is 2.74. The van der Waals surface area contributed by atoms with Gasteiger partial charge in [-0.2, -0.15) is 0 Å². The fraction of sp³-hybridized carbons (Fsp3) is 0.118. The van der Waals surface area contributed by atoms with Crippen molar-refractivity contribution in [3.8, 4) is 0 Å². The van der Waals surface area contributed by atoms with Gasteiger partial charge in [0.25, 0.3) is 11.5 Å². The van der Waals surface area contributed by atoms with E-state index in [1.54, 1.807) is 31.4 Å². The zero-order valence-corrected chi connectivity index (χ0v) is 12.1. The summed E-state index contributed by atoms with van der Waals surface area (Å²) in [7, 11) is 1.66. The molecule has 22 heavy (non-hydrogen) atoms. The van der Waals surface area contributed by atoms with Crippen LogP contribution in [-0.4, -0.2) is 27.8 Å². The third-order valence-corrected chi connectivity index (χ3v) is 3.47. The first-order chi connectivity index (χ1) is 10.6. The maximum absolute atomic E-state index is 12.3. The zero-order chi connectivity index (χ0) is 15.5. The Morgan fingerprint density at radius 1 is 1.18 bits per heavy atom. The first kappa shape index (κ1) is 14.0. The Labute approximate surface area is 127 Å². The van der Waals surface area contributed by atoms with Crippen molar-refractivity contribution in [1.82, 2.24) is 14.9 Å². The van der Waals surface area contributed by atoms with Gasteiger partial charge in [0.2, 0.25) is 0 Å². The lowest BCUT2D eigenvalue weighted by Crippen LogP contribution is -2.29. The summed E-state index contributed by atoms with van der Waals surface area (Å²) in [4.78, 5) is 32.8.